The Bertz CT molecular complexity index is 227. The molecule has 0 aromatic carbocycles. The molecule has 4 nitrogen and oxygen atoms in total. The van der Waals surface area contributed by atoms with Crippen LogP contribution in [0.1, 0.15) is 12.8 Å². The van der Waals surface area contributed by atoms with Crippen molar-refractivity contribution in [1.82, 2.24) is 10.6 Å². The Morgan fingerprint density at radius 3 is 2.75 bits per heavy atom. The Hall–Kier alpha value is -0.820. The summed E-state index contributed by atoms with van der Waals surface area (Å²) in [5.41, 5.74) is 0. The second kappa shape index (κ2) is 6.05. The SMILES string of the molecule is O=C(CNCC(F)(F)F)NCC1CCCO1. The fourth-order valence-electron chi connectivity index (χ4n) is 1.41. The molecule has 1 fully saturated rings. The van der Waals surface area contributed by atoms with E-state index >= 15 is 0 Å². The Morgan fingerprint density at radius 1 is 1.44 bits per heavy atom. The molecule has 0 aliphatic carbocycles. The lowest BCUT2D eigenvalue weighted by Crippen LogP contribution is -2.40. The summed E-state index contributed by atoms with van der Waals surface area (Å²) in [5.74, 6) is -0.445. The molecule has 1 heterocycles. The Kier molecular flexibility index (Phi) is 5.01. The lowest BCUT2D eigenvalue weighted by molar-refractivity contribution is -0.128. The van der Waals surface area contributed by atoms with Gasteiger partial charge in [-0.3, -0.25) is 4.79 Å². The summed E-state index contributed by atoms with van der Waals surface area (Å²) in [5, 5.41) is 4.54. The minimum absolute atomic E-state index is 0.00608. The van der Waals surface area contributed by atoms with Gasteiger partial charge in [0, 0.05) is 13.2 Å². The molecule has 0 spiro atoms. The lowest BCUT2D eigenvalue weighted by Gasteiger charge is -2.11. The average Bonchev–Trinajstić information content (AvgIpc) is 2.65. The molecule has 1 rings (SSSR count). The minimum atomic E-state index is -4.28. The highest BCUT2D eigenvalue weighted by atomic mass is 19.4. The molecule has 1 unspecified atom stereocenters. The normalized spacial score (nSPS) is 21.1. The van der Waals surface area contributed by atoms with Gasteiger partial charge >= 0.3 is 6.18 Å². The number of ether oxygens (including phenoxy) is 1. The minimum Gasteiger partial charge on any atom is -0.376 e. The van der Waals surface area contributed by atoms with E-state index in [9.17, 15) is 18.0 Å². The first-order chi connectivity index (χ1) is 7.47. The summed E-state index contributed by atoms with van der Waals surface area (Å²) in [6.45, 7) is -0.425. The smallest absolute Gasteiger partial charge is 0.376 e. The monoisotopic (exact) mass is 240 g/mol. The van der Waals surface area contributed by atoms with Crippen molar-refractivity contribution in [2.75, 3.05) is 26.2 Å². The maximum atomic E-state index is 11.7. The summed E-state index contributed by atoms with van der Waals surface area (Å²) in [7, 11) is 0. The first kappa shape index (κ1) is 13.2. The van der Waals surface area contributed by atoms with Crippen LogP contribution in [-0.4, -0.2) is 44.4 Å². The van der Waals surface area contributed by atoms with Crippen LogP contribution in [0.4, 0.5) is 13.2 Å². The quantitative estimate of drug-likeness (QED) is 0.733. The van der Waals surface area contributed by atoms with Gasteiger partial charge < -0.3 is 15.4 Å². The molecule has 0 radical (unpaired) electrons. The van der Waals surface area contributed by atoms with Gasteiger partial charge in [0.15, 0.2) is 0 Å². The summed E-state index contributed by atoms with van der Waals surface area (Å²) in [4.78, 5) is 11.1. The molecule has 16 heavy (non-hydrogen) atoms. The van der Waals surface area contributed by atoms with E-state index in [0.717, 1.165) is 12.8 Å². The Morgan fingerprint density at radius 2 is 2.19 bits per heavy atom. The number of carbonyl (C=O) groups is 1. The predicted molar refractivity (Wildman–Crippen MR) is 50.9 cm³/mol. The van der Waals surface area contributed by atoms with Crippen LogP contribution in [0.2, 0.25) is 0 Å². The van der Waals surface area contributed by atoms with E-state index in [-0.39, 0.29) is 12.6 Å². The summed E-state index contributed by atoms with van der Waals surface area (Å²) >= 11 is 0. The van der Waals surface area contributed by atoms with Crippen molar-refractivity contribution in [3.8, 4) is 0 Å². The van der Waals surface area contributed by atoms with Crippen LogP contribution < -0.4 is 10.6 Å². The summed E-state index contributed by atoms with van der Waals surface area (Å²) in [6.07, 6.45) is -2.43. The molecule has 0 aromatic rings. The van der Waals surface area contributed by atoms with E-state index in [1.807, 2.05) is 5.32 Å². The molecular formula is C9H15F3N2O2. The maximum Gasteiger partial charge on any atom is 0.401 e. The summed E-state index contributed by atoms with van der Waals surface area (Å²) in [6, 6.07) is 0. The third-order valence-electron chi connectivity index (χ3n) is 2.16. The molecule has 1 saturated heterocycles. The zero-order chi connectivity index (χ0) is 12.0. The van der Waals surface area contributed by atoms with Crippen molar-refractivity contribution in [3.05, 3.63) is 0 Å². The maximum absolute atomic E-state index is 11.7. The molecule has 7 heteroatoms. The van der Waals surface area contributed by atoms with Crippen molar-refractivity contribution in [2.24, 2.45) is 0 Å². The largest absolute Gasteiger partial charge is 0.401 e. The number of halogens is 3. The molecule has 0 aromatic heterocycles. The van der Waals surface area contributed by atoms with Crippen LogP contribution in [-0.2, 0) is 9.53 Å². The van der Waals surface area contributed by atoms with Crippen molar-refractivity contribution < 1.29 is 22.7 Å². The van der Waals surface area contributed by atoms with Crippen molar-refractivity contribution in [2.45, 2.75) is 25.1 Å². The van der Waals surface area contributed by atoms with Crippen molar-refractivity contribution in [3.63, 3.8) is 0 Å². The predicted octanol–water partition coefficient (Wildman–Crippen LogP) is 0.433. The number of hydrogen-bond acceptors (Lipinski definition) is 3. The van der Waals surface area contributed by atoms with Gasteiger partial charge in [-0.15, -0.1) is 0 Å². The lowest BCUT2D eigenvalue weighted by atomic mass is 10.2. The van der Waals surface area contributed by atoms with Gasteiger partial charge in [0.2, 0.25) is 5.91 Å². The number of hydrogen-bond donors (Lipinski definition) is 2. The van der Waals surface area contributed by atoms with Gasteiger partial charge in [-0.05, 0) is 12.8 Å². The Labute approximate surface area is 91.5 Å². The van der Waals surface area contributed by atoms with Gasteiger partial charge in [0.25, 0.3) is 0 Å². The van der Waals surface area contributed by atoms with Crippen LogP contribution in [0.5, 0.6) is 0 Å². The van der Waals surface area contributed by atoms with E-state index < -0.39 is 18.6 Å². The molecule has 2 N–H and O–H groups in total. The molecule has 0 saturated carbocycles. The van der Waals surface area contributed by atoms with Crippen LogP contribution in [0.15, 0.2) is 0 Å². The fourth-order valence-corrected chi connectivity index (χ4v) is 1.41. The highest BCUT2D eigenvalue weighted by Gasteiger charge is 2.26. The van der Waals surface area contributed by atoms with Crippen LogP contribution in [0, 0.1) is 0 Å². The molecule has 1 amide bonds. The van der Waals surface area contributed by atoms with E-state index in [0.29, 0.717) is 13.2 Å². The number of nitrogens with one attached hydrogen (secondary N) is 2. The molecule has 1 aliphatic heterocycles. The van der Waals surface area contributed by atoms with E-state index in [2.05, 4.69) is 5.32 Å². The van der Waals surface area contributed by atoms with Gasteiger partial charge in [-0.1, -0.05) is 0 Å². The van der Waals surface area contributed by atoms with Crippen LogP contribution in [0.3, 0.4) is 0 Å². The Balaban J connectivity index is 2.02. The van der Waals surface area contributed by atoms with E-state index in [4.69, 9.17) is 4.74 Å². The second-order valence-electron chi connectivity index (χ2n) is 3.66. The molecule has 1 aliphatic rings. The molecule has 94 valence electrons. The molecule has 0 bridgehead atoms. The van der Waals surface area contributed by atoms with Crippen LogP contribution in [0.25, 0.3) is 0 Å². The number of carbonyl (C=O) groups excluding carboxylic acids is 1. The van der Waals surface area contributed by atoms with Gasteiger partial charge in [-0.2, -0.15) is 13.2 Å². The second-order valence-corrected chi connectivity index (χ2v) is 3.66. The van der Waals surface area contributed by atoms with Crippen molar-refractivity contribution >= 4 is 5.91 Å². The van der Waals surface area contributed by atoms with Gasteiger partial charge in [0.05, 0.1) is 19.2 Å². The summed E-state index contributed by atoms with van der Waals surface area (Å²) < 4.78 is 40.4. The third kappa shape index (κ3) is 5.92. The number of rotatable bonds is 5. The number of alkyl halides is 3. The van der Waals surface area contributed by atoms with Gasteiger partial charge in [0.1, 0.15) is 0 Å². The first-order valence-electron chi connectivity index (χ1n) is 5.13. The molecule has 1 atom stereocenters. The highest BCUT2D eigenvalue weighted by molar-refractivity contribution is 5.77. The number of amides is 1. The van der Waals surface area contributed by atoms with E-state index in [1.165, 1.54) is 0 Å². The van der Waals surface area contributed by atoms with Crippen LogP contribution >= 0.6 is 0 Å². The average molecular weight is 240 g/mol. The van der Waals surface area contributed by atoms with E-state index in [1.54, 1.807) is 0 Å². The third-order valence-corrected chi connectivity index (χ3v) is 2.16. The first-order valence-corrected chi connectivity index (χ1v) is 5.13. The highest BCUT2D eigenvalue weighted by Crippen LogP contribution is 2.12. The van der Waals surface area contributed by atoms with Crippen molar-refractivity contribution in [1.29, 1.82) is 0 Å². The zero-order valence-electron chi connectivity index (χ0n) is 8.77. The topological polar surface area (TPSA) is 50.4 Å². The molecular weight excluding hydrogens is 225 g/mol. The fraction of sp³-hybridized carbons (Fsp3) is 0.889. The zero-order valence-corrected chi connectivity index (χ0v) is 8.77. The van der Waals surface area contributed by atoms with Gasteiger partial charge in [-0.25, -0.2) is 0 Å². The standard InChI is InChI=1S/C9H15F3N2O2/c10-9(11,12)6-13-5-8(15)14-4-7-2-1-3-16-7/h7,13H,1-6H2,(H,14,15).